The van der Waals surface area contributed by atoms with E-state index in [1.54, 1.807) is 49.3 Å². The van der Waals surface area contributed by atoms with Crippen LogP contribution in [0.15, 0.2) is 41.6 Å². The maximum absolute atomic E-state index is 12.5. The Bertz CT molecular complexity index is 1490. The normalized spacial score (nSPS) is 10.8. The first-order valence-electron chi connectivity index (χ1n) is 10.1. The Hall–Kier alpha value is -4.52. The Labute approximate surface area is 189 Å². The summed E-state index contributed by atoms with van der Waals surface area (Å²) in [4.78, 5) is 36.8. The molecule has 0 atom stereocenters. The summed E-state index contributed by atoms with van der Waals surface area (Å²) in [5.41, 5.74) is 2.67. The van der Waals surface area contributed by atoms with Gasteiger partial charge in [-0.1, -0.05) is 0 Å². The van der Waals surface area contributed by atoms with Gasteiger partial charge in [-0.25, -0.2) is 4.98 Å². The largest absolute Gasteiger partial charge is 0.454 e. The lowest BCUT2D eigenvalue weighted by molar-refractivity contribution is -0.116. The molecule has 0 fully saturated rings. The number of aryl methyl sites for hydroxylation is 3. The molecule has 0 radical (unpaired) electrons. The smallest absolute Gasteiger partial charge is 0.274 e. The average Bonchev–Trinajstić information content (AvgIpc) is 3.07. The van der Waals surface area contributed by atoms with Crippen LogP contribution in [0.2, 0.25) is 0 Å². The first kappa shape index (κ1) is 21.7. The number of nitriles is 1. The van der Waals surface area contributed by atoms with Crippen molar-refractivity contribution in [2.45, 2.75) is 20.3 Å². The second kappa shape index (κ2) is 8.55. The van der Waals surface area contributed by atoms with Gasteiger partial charge < -0.3 is 19.2 Å². The third-order valence-corrected chi connectivity index (χ3v) is 4.99. The molecule has 0 bridgehead atoms. The fraction of sp³-hybridized carbons (Fsp3) is 0.217. The third kappa shape index (κ3) is 4.29. The predicted octanol–water partition coefficient (Wildman–Crippen LogP) is 2.91. The van der Waals surface area contributed by atoms with Crippen LogP contribution < -0.4 is 15.6 Å². The summed E-state index contributed by atoms with van der Waals surface area (Å²) in [7, 11) is 3.40. The van der Waals surface area contributed by atoms with Crippen molar-refractivity contribution >= 4 is 28.6 Å². The molecular formula is C23H21N7O3. The van der Waals surface area contributed by atoms with Gasteiger partial charge in [0.2, 0.25) is 5.95 Å². The van der Waals surface area contributed by atoms with Gasteiger partial charge >= 0.3 is 0 Å². The Morgan fingerprint density at radius 2 is 2.06 bits per heavy atom. The van der Waals surface area contributed by atoms with Gasteiger partial charge in [-0.15, -0.1) is 0 Å². The molecular weight excluding hydrogens is 422 g/mol. The van der Waals surface area contributed by atoms with Crippen molar-refractivity contribution in [2.75, 3.05) is 5.32 Å². The summed E-state index contributed by atoms with van der Waals surface area (Å²) in [6, 6.07) is 7.18. The van der Waals surface area contributed by atoms with E-state index in [1.807, 2.05) is 6.92 Å². The first-order chi connectivity index (χ1) is 15.8. The zero-order chi connectivity index (χ0) is 23.7. The van der Waals surface area contributed by atoms with Gasteiger partial charge in [0.1, 0.15) is 34.4 Å². The molecule has 4 aromatic heterocycles. The molecule has 166 valence electrons. The SMILES string of the molecule is CC(=O)Cc1cc(Oc2cnc3nc(Nc4cc(C)cn(C)c4=O)n(C)c3c2C#N)ccn1. The highest BCUT2D eigenvalue weighted by Gasteiger charge is 2.19. The first-order valence-corrected chi connectivity index (χ1v) is 10.1. The molecule has 4 rings (SSSR count). The van der Waals surface area contributed by atoms with E-state index in [2.05, 4.69) is 26.3 Å². The van der Waals surface area contributed by atoms with Crippen LogP contribution in [-0.2, 0) is 25.3 Å². The van der Waals surface area contributed by atoms with E-state index in [-0.39, 0.29) is 29.1 Å². The number of pyridine rings is 3. The van der Waals surface area contributed by atoms with Crippen molar-refractivity contribution in [3.63, 3.8) is 0 Å². The average molecular weight is 443 g/mol. The van der Waals surface area contributed by atoms with E-state index >= 15 is 0 Å². The number of hydrogen-bond donors (Lipinski definition) is 1. The predicted molar refractivity (Wildman–Crippen MR) is 122 cm³/mol. The van der Waals surface area contributed by atoms with Gasteiger partial charge in [-0.05, 0) is 31.5 Å². The van der Waals surface area contributed by atoms with Crippen LogP contribution in [0.25, 0.3) is 11.2 Å². The molecule has 0 spiro atoms. The molecule has 0 amide bonds. The van der Waals surface area contributed by atoms with Crippen LogP contribution in [0.3, 0.4) is 0 Å². The minimum Gasteiger partial charge on any atom is -0.454 e. The van der Waals surface area contributed by atoms with Gasteiger partial charge in [0.15, 0.2) is 11.4 Å². The van der Waals surface area contributed by atoms with Crippen LogP contribution >= 0.6 is 0 Å². The van der Waals surface area contributed by atoms with Crippen LogP contribution in [0.1, 0.15) is 23.7 Å². The molecule has 0 aliphatic rings. The van der Waals surface area contributed by atoms with Crippen molar-refractivity contribution in [3.8, 4) is 17.6 Å². The van der Waals surface area contributed by atoms with Gasteiger partial charge in [-0.3, -0.25) is 14.6 Å². The van der Waals surface area contributed by atoms with Crippen LogP contribution in [0.5, 0.6) is 11.5 Å². The van der Waals surface area contributed by atoms with Crippen molar-refractivity contribution in [1.29, 1.82) is 5.26 Å². The minimum atomic E-state index is -0.204. The highest BCUT2D eigenvalue weighted by Crippen LogP contribution is 2.31. The highest BCUT2D eigenvalue weighted by atomic mass is 16.5. The van der Waals surface area contributed by atoms with Gasteiger partial charge in [-0.2, -0.15) is 10.2 Å². The van der Waals surface area contributed by atoms with E-state index < -0.39 is 0 Å². The lowest BCUT2D eigenvalue weighted by atomic mass is 10.2. The molecule has 0 aliphatic carbocycles. The van der Waals surface area contributed by atoms with E-state index in [4.69, 9.17) is 4.74 Å². The Balaban J connectivity index is 1.74. The zero-order valence-corrected chi connectivity index (χ0v) is 18.6. The second-order valence-electron chi connectivity index (χ2n) is 7.71. The molecule has 0 unspecified atom stereocenters. The number of rotatable bonds is 6. The summed E-state index contributed by atoms with van der Waals surface area (Å²) < 4.78 is 9.06. The fourth-order valence-electron chi connectivity index (χ4n) is 3.54. The zero-order valence-electron chi connectivity index (χ0n) is 18.6. The lowest BCUT2D eigenvalue weighted by Gasteiger charge is -2.10. The Morgan fingerprint density at radius 1 is 1.27 bits per heavy atom. The topological polar surface area (TPSA) is 128 Å². The molecule has 10 nitrogen and oxygen atoms in total. The number of fused-ring (bicyclic) bond motifs is 1. The molecule has 4 aromatic rings. The summed E-state index contributed by atoms with van der Waals surface area (Å²) in [5, 5.41) is 12.9. The summed E-state index contributed by atoms with van der Waals surface area (Å²) in [6.07, 6.45) is 4.89. The summed E-state index contributed by atoms with van der Waals surface area (Å²) in [5.74, 6) is 1.02. The standard InChI is InChI=1S/C23H21N7O3/c1-13-7-18(22(32)29(3)12-13)27-23-28-21-20(30(23)4)17(10-24)19(11-26-21)33-16-5-6-25-15(9-16)8-14(2)31/h5-7,9,11-12H,8H2,1-4H3,(H,26,27,28). The monoisotopic (exact) mass is 443 g/mol. The van der Waals surface area contributed by atoms with Crippen LogP contribution in [0.4, 0.5) is 11.6 Å². The summed E-state index contributed by atoms with van der Waals surface area (Å²) in [6.45, 7) is 3.38. The van der Waals surface area contributed by atoms with Crippen LogP contribution in [-0.4, -0.2) is 29.9 Å². The fourth-order valence-corrected chi connectivity index (χ4v) is 3.54. The molecule has 33 heavy (non-hydrogen) atoms. The maximum Gasteiger partial charge on any atom is 0.274 e. The van der Waals surface area contributed by atoms with Gasteiger partial charge in [0.25, 0.3) is 5.56 Å². The number of hydrogen-bond acceptors (Lipinski definition) is 8. The molecule has 0 aromatic carbocycles. The number of ketones is 1. The number of ether oxygens (including phenoxy) is 1. The number of imidazole rings is 1. The maximum atomic E-state index is 12.5. The van der Waals surface area contributed by atoms with E-state index in [0.29, 0.717) is 34.2 Å². The summed E-state index contributed by atoms with van der Waals surface area (Å²) >= 11 is 0. The van der Waals surface area contributed by atoms with Crippen molar-refractivity contribution < 1.29 is 9.53 Å². The quantitative estimate of drug-likeness (QED) is 0.482. The van der Waals surface area contributed by atoms with E-state index in [9.17, 15) is 14.9 Å². The number of carbonyl (C=O) groups excluding carboxylic acids is 1. The number of aromatic nitrogens is 5. The molecule has 0 aliphatic heterocycles. The number of anilines is 2. The minimum absolute atomic E-state index is 0.0150. The number of nitrogens with zero attached hydrogens (tertiary/aromatic N) is 6. The Morgan fingerprint density at radius 3 is 2.79 bits per heavy atom. The molecule has 0 saturated heterocycles. The lowest BCUT2D eigenvalue weighted by Crippen LogP contribution is -2.20. The van der Waals surface area contributed by atoms with Crippen molar-refractivity contribution in [1.82, 2.24) is 24.1 Å². The van der Waals surface area contributed by atoms with Crippen molar-refractivity contribution in [2.24, 2.45) is 14.1 Å². The molecule has 10 heteroatoms. The number of carbonyl (C=O) groups is 1. The van der Waals surface area contributed by atoms with Gasteiger partial charge in [0, 0.05) is 39.0 Å². The number of nitrogens with one attached hydrogen (secondary N) is 1. The Kier molecular flexibility index (Phi) is 5.62. The highest BCUT2D eigenvalue weighted by molar-refractivity contribution is 5.84. The third-order valence-electron chi connectivity index (χ3n) is 4.99. The van der Waals surface area contributed by atoms with E-state index in [0.717, 1.165) is 5.56 Å². The molecule has 4 heterocycles. The van der Waals surface area contributed by atoms with Crippen LogP contribution in [0, 0.1) is 18.3 Å². The molecule has 0 saturated carbocycles. The van der Waals surface area contributed by atoms with E-state index in [1.165, 1.54) is 17.7 Å². The second-order valence-corrected chi connectivity index (χ2v) is 7.71. The molecule has 1 N–H and O–H groups in total. The van der Waals surface area contributed by atoms with Gasteiger partial charge in [0.05, 0.1) is 11.9 Å². The van der Waals surface area contributed by atoms with Crippen molar-refractivity contribution in [3.05, 3.63) is 64.0 Å². The number of Topliss-reactive ketones (excluding diaryl/α,β-unsaturated/α-hetero) is 1.